The Morgan fingerprint density at radius 2 is 2.28 bits per heavy atom. The van der Waals surface area contributed by atoms with E-state index < -0.39 is 6.10 Å². The van der Waals surface area contributed by atoms with E-state index in [9.17, 15) is 5.11 Å². The van der Waals surface area contributed by atoms with Gasteiger partial charge >= 0.3 is 0 Å². The van der Waals surface area contributed by atoms with Crippen LogP contribution in [0.5, 0.6) is 0 Å². The highest BCUT2D eigenvalue weighted by atomic mass is 79.9. The third-order valence-corrected chi connectivity index (χ3v) is 4.31. The third kappa shape index (κ3) is 3.05. The average molecular weight is 314 g/mol. The van der Waals surface area contributed by atoms with Crippen LogP contribution < -0.4 is 4.90 Å². The van der Waals surface area contributed by atoms with Crippen LogP contribution in [0.1, 0.15) is 31.4 Å². The predicted octanol–water partition coefficient (Wildman–Crippen LogP) is 2.71. The van der Waals surface area contributed by atoms with Crippen LogP contribution in [0.3, 0.4) is 0 Å². The van der Waals surface area contributed by atoms with Gasteiger partial charge in [-0.15, -0.1) is 0 Å². The maximum absolute atomic E-state index is 9.60. The van der Waals surface area contributed by atoms with Crippen LogP contribution in [0.15, 0.2) is 22.7 Å². The quantitative estimate of drug-likeness (QED) is 0.898. The Morgan fingerprint density at radius 1 is 1.50 bits per heavy atom. The minimum absolute atomic E-state index is 0.281. The number of aliphatic hydroxyl groups excluding tert-OH is 2. The average Bonchev–Trinajstić information content (AvgIpc) is 2.77. The van der Waals surface area contributed by atoms with Crippen molar-refractivity contribution in [3.8, 4) is 0 Å². The van der Waals surface area contributed by atoms with Gasteiger partial charge in [-0.2, -0.15) is 0 Å². The van der Waals surface area contributed by atoms with Gasteiger partial charge in [0.2, 0.25) is 0 Å². The third-order valence-electron chi connectivity index (χ3n) is 3.62. The molecule has 3 nitrogen and oxygen atoms in total. The molecule has 2 unspecified atom stereocenters. The van der Waals surface area contributed by atoms with Crippen LogP contribution >= 0.6 is 15.9 Å². The molecule has 0 saturated carbocycles. The molecule has 0 aromatic heterocycles. The predicted molar refractivity (Wildman–Crippen MR) is 76.8 cm³/mol. The van der Waals surface area contributed by atoms with E-state index in [-0.39, 0.29) is 6.61 Å². The molecule has 100 valence electrons. The van der Waals surface area contributed by atoms with Gasteiger partial charge in [0.1, 0.15) is 0 Å². The Morgan fingerprint density at radius 3 is 2.89 bits per heavy atom. The Bertz CT molecular complexity index is 409. The molecule has 18 heavy (non-hydrogen) atoms. The number of nitrogens with zero attached hydrogens (tertiary/aromatic N) is 1. The van der Waals surface area contributed by atoms with Crippen LogP contribution in [0, 0.1) is 5.92 Å². The minimum Gasteiger partial charge on any atom is -0.396 e. The molecule has 4 heteroatoms. The number of halogens is 1. The fourth-order valence-corrected chi connectivity index (χ4v) is 3.23. The Kier molecular flexibility index (Phi) is 4.65. The monoisotopic (exact) mass is 313 g/mol. The SMILES string of the molecule is CC(O)c1ccc(N2CCC(CCO)C2)cc1Br. The van der Waals surface area contributed by atoms with Crippen molar-refractivity contribution < 1.29 is 10.2 Å². The summed E-state index contributed by atoms with van der Waals surface area (Å²) in [5, 5.41) is 18.6. The number of hydrogen-bond donors (Lipinski definition) is 2. The standard InChI is InChI=1S/C14H20BrNO2/c1-10(18)13-3-2-12(8-14(13)15)16-6-4-11(9-16)5-7-17/h2-3,8,10-11,17-18H,4-7,9H2,1H3. The molecule has 1 aromatic rings. The molecule has 1 fully saturated rings. The maximum atomic E-state index is 9.60. The fraction of sp³-hybridized carbons (Fsp3) is 0.571. The summed E-state index contributed by atoms with van der Waals surface area (Å²) in [4.78, 5) is 2.34. The molecule has 2 atom stereocenters. The molecule has 1 aromatic carbocycles. The lowest BCUT2D eigenvalue weighted by molar-refractivity contribution is 0.198. The highest BCUT2D eigenvalue weighted by Crippen LogP contribution is 2.31. The van der Waals surface area contributed by atoms with E-state index in [0.717, 1.165) is 36.0 Å². The molecule has 2 rings (SSSR count). The van der Waals surface area contributed by atoms with Crippen LogP contribution in [0.2, 0.25) is 0 Å². The van der Waals surface area contributed by atoms with Crippen molar-refractivity contribution in [2.75, 3.05) is 24.6 Å². The molecule has 1 aliphatic heterocycles. The lowest BCUT2D eigenvalue weighted by atomic mass is 10.1. The lowest BCUT2D eigenvalue weighted by Gasteiger charge is -2.20. The topological polar surface area (TPSA) is 43.7 Å². The van der Waals surface area contributed by atoms with E-state index in [1.807, 2.05) is 6.07 Å². The van der Waals surface area contributed by atoms with Crippen molar-refractivity contribution in [3.63, 3.8) is 0 Å². The van der Waals surface area contributed by atoms with E-state index in [2.05, 4.69) is 33.0 Å². The summed E-state index contributed by atoms with van der Waals surface area (Å²) in [7, 11) is 0. The molecule has 0 spiro atoms. The van der Waals surface area contributed by atoms with E-state index in [0.29, 0.717) is 5.92 Å². The molecular formula is C14H20BrNO2. The number of benzene rings is 1. The zero-order valence-corrected chi connectivity index (χ0v) is 12.2. The van der Waals surface area contributed by atoms with Gasteiger partial charge in [0.25, 0.3) is 0 Å². The number of hydrogen-bond acceptors (Lipinski definition) is 3. The summed E-state index contributed by atoms with van der Waals surface area (Å²) >= 11 is 3.51. The Labute approximate surface area is 117 Å². The summed E-state index contributed by atoms with van der Waals surface area (Å²) in [6.07, 6.45) is 1.59. The molecule has 0 amide bonds. The summed E-state index contributed by atoms with van der Waals surface area (Å²) < 4.78 is 0.959. The molecule has 1 saturated heterocycles. The summed E-state index contributed by atoms with van der Waals surface area (Å²) in [6.45, 7) is 4.11. The highest BCUT2D eigenvalue weighted by Gasteiger charge is 2.22. The van der Waals surface area contributed by atoms with E-state index in [1.165, 1.54) is 5.69 Å². The minimum atomic E-state index is -0.450. The number of aliphatic hydroxyl groups is 2. The fourth-order valence-electron chi connectivity index (χ4n) is 2.54. The van der Waals surface area contributed by atoms with Gasteiger partial charge in [-0.3, -0.25) is 0 Å². The van der Waals surface area contributed by atoms with Crippen molar-refractivity contribution in [3.05, 3.63) is 28.2 Å². The summed E-state index contributed by atoms with van der Waals surface area (Å²) in [6, 6.07) is 6.11. The normalized spacial score (nSPS) is 21.3. The molecular weight excluding hydrogens is 294 g/mol. The van der Waals surface area contributed by atoms with E-state index in [4.69, 9.17) is 5.11 Å². The maximum Gasteiger partial charge on any atom is 0.0772 e. The molecule has 2 N–H and O–H groups in total. The van der Waals surface area contributed by atoms with Crippen LogP contribution in [0.4, 0.5) is 5.69 Å². The van der Waals surface area contributed by atoms with Crippen molar-refractivity contribution in [1.29, 1.82) is 0 Å². The second-order valence-electron chi connectivity index (χ2n) is 4.99. The Hall–Kier alpha value is -0.580. The van der Waals surface area contributed by atoms with Gasteiger partial charge in [0.15, 0.2) is 0 Å². The van der Waals surface area contributed by atoms with Crippen LogP contribution in [-0.2, 0) is 0 Å². The molecule has 0 radical (unpaired) electrons. The summed E-state index contributed by atoms with van der Waals surface area (Å²) in [5.74, 6) is 0.602. The highest BCUT2D eigenvalue weighted by molar-refractivity contribution is 9.10. The first kappa shape index (κ1) is 13.8. The van der Waals surface area contributed by atoms with Gasteiger partial charge < -0.3 is 15.1 Å². The lowest BCUT2D eigenvalue weighted by Crippen LogP contribution is -2.20. The number of anilines is 1. The zero-order valence-electron chi connectivity index (χ0n) is 10.6. The molecule has 1 heterocycles. The summed E-state index contributed by atoms with van der Waals surface area (Å²) in [5.41, 5.74) is 2.11. The van der Waals surface area contributed by atoms with Gasteiger partial charge in [0, 0.05) is 29.9 Å². The largest absolute Gasteiger partial charge is 0.396 e. The van der Waals surface area contributed by atoms with E-state index >= 15 is 0 Å². The van der Waals surface area contributed by atoms with Gasteiger partial charge in [-0.05, 0) is 43.4 Å². The number of rotatable bonds is 4. The van der Waals surface area contributed by atoms with Gasteiger partial charge in [0.05, 0.1) is 6.10 Å². The molecule has 1 aliphatic rings. The van der Waals surface area contributed by atoms with Crippen LogP contribution in [-0.4, -0.2) is 29.9 Å². The van der Waals surface area contributed by atoms with Gasteiger partial charge in [-0.25, -0.2) is 0 Å². The smallest absolute Gasteiger partial charge is 0.0772 e. The van der Waals surface area contributed by atoms with Gasteiger partial charge in [-0.1, -0.05) is 22.0 Å². The zero-order chi connectivity index (χ0) is 13.1. The second-order valence-corrected chi connectivity index (χ2v) is 5.85. The first-order chi connectivity index (χ1) is 8.61. The molecule has 0 aliphatic carbocycles. The van der Waals surface area contributed by atoms with Crippen molar-refractivity contribution >= 4 is 21.6 Å². The first-order valence-corrected chi connectivity index (χ1v) is 7.24. The molecule has 0 bridgehead atoms. The van der Waals surface area contributed by atoms with Crippen molar-refractivity contribution in [2.45, 2.75) is 25.9 Å². The first-order valence-electron chi connectivity index (χ1n) is 6.45. The van der Waals surface area contributed by atoms with E-state index in [1.54, 1.807) is 6.92 Å². The Balaban J connectivity index is 2.09. The second kappa shape index (κ2) is 6.04. The van der Waals surface area contributed by atoms with Crippen molar-refractivity contribution in [2.24, 2.45) is 5.92 Å². The van der Waals surface area contributed by atoms with Crippen LogP contribution in [0.25, 0.3) is 0 Å². The van der Waals surface area contributed by atoms with Crippen molar-refractivity contribution in [1.82, 2.24) is 0 Å².